The van der Waals surface area contributed by atoms with Crippen LogP contribution in [0.4, 0.5) is 14.6 Å². The minimum atomic E-state index is -0.923. The monoisotopic (exact) mass is 349 g/mol. The molecule has 1 aliphatic rings. The SMILES string of the molecule is CC(C)(C)[C@H]1CN(c2nc(-c3ccnc(F)c3)[nH]c(=O)c2F)CCN1. The number of rotatable bonds is 2. The maximum absolute atomic E-state index is 14.4. The van der Waals surface area contributed by atoms with Crippen molar-refractivity contribution in [3.63, 3.8) is 0 Å². The second-order valence-corrected chi connectivity index (χ2v) is 7.24. The highest BCUT2D eigenvalue weighted by molar-refractivity contribution is 5.57. The topological polar surface area (TPSA) is 73.9 Å². The van der Waals surface area contributed by atoms with E-state index in [1.807, 2.05) is 0 Å². The second-order valence-electron chi connectivity index (χ2n) is 7.24. The van der Waals surface area contributed by atoms with Gasteiger partial charge in [0, 0.05) is 43.5 Å². The van der Waals surface area contributed by atoms with E-state index in [1.54, 1.807) is 4.90 Å². The Labute approximate surface area is 144 Å². The van der Waals surface area contributed by atoms with Crippen molar-refractivity contribution in [2.75, 3.05) is 24.5 Å². The standard InChI is InChI=1S/C17H21F2N5O/c1-17(2,3)11-9-24(7-6-20-11)15-13(19)16(25)23-14(22-15)10-4-5-21-12(18)8-10/h4-5,8,11,20H,6-7,9H2,1-3H3,(H,22,23,25)/t11-/m1/s1. The fourth-order valence-electron chi connectivity index (χ4n) is 2.87. The summed E-state index contributed by atoms with van der Waals surface area (Å²) in [5.41, 5.74) is -0.552. The summed E-state index contributed by atoms with van der Waals surface area (Å²) in [6.45, 7) is 8.02. The molecular weight excluding hydrogens is 328 g/mol. The van der Waals surface area contributed by atoms with Crippen LogP contribution < -0.4 is 15.8 Å². The van der Waals surface area contributed by atoms with Crippen molar-refractivity contribution in [3.8, 4) is 11.4 Å². The normalized spacial score (nSPS) is 18.4. The summed E-state index contributed by atoms with van der Waals surface area (Å²) >= 11 is 0. The van der Waals surface area contributed by atoms with Gasteiger partial charge in [-0.25, -0.2) is 9.97 Å². The highest BCUT2D eigenvalue weighted by Gasteiger charge is 2.31. The Morgan fingerprint density at radius 1 is 1.32 bits per heavy atom. The van der Waals surface area contributed by atoms with E-state index in [2.05, 4.69) is 41.0 Å². The Bertz CT molecular complexity index is 831. The molecule has 1 aliphatic heterocycles. The summed E-state index contributed by atoms with van der Waals surface area (Å²) in [7, 11) is 0. The Hall–Kier alpha value is -2.35. The summed E-state index contributed by atoms with van der Waals surface area (Å²) in [6.07, 6.45) is 1.27. The average Bonchev–Trinajstić information content (AvgIpc) is 2.56. The lowest BCUT2D eigenvalue weighted by molar-refractivity contribution is 0.252. The molecule has 8 heteroatoms. The van der Waals surface area contributed by atoms with Crippen molar-refractivity contribution >= 4 is 5.82 Å². The molecule has 0 aliphatic carbocycles. The molecule has 0 amide bonds. The first-order chi connectivity index (χ1) is 11.8. The number of nitrogens with zero attached hydrogens (tertiary/aromatic N) is 3. The lowest BCUT2D eigenvalue weighted by Gasteiger charge is -2.41. The van der Waals surface area contributed by atoms with Crippen LogP contribution in [0.2, 0.25) is 0 Å². The maximum Gasteiger partial charge on any atom is 0.289 e. The quantitative estimate of drug-likeness (QED) is 0.811. The molecule has 2 aromatic heterocycles. The summed E-state index contributed by atoms with van der Waals surface area (Å²) < 4.78 is 27.8. The van der Waals surface area contributed by atoms with E-state index < -0.39 is 17.3 Å². The van der Waals surface area contributed by atoms with Crippen LogP contribution in [0.1, 0.15) is 20.8 Å². The van der Waals surface area contributed by atoms with Gasteiger partial charge in [-0.15, -0.1) is 0 Å². The van der Waals surface area contributed by atoms with Crippen LogP contribution >= 0.6 is 0 Å². The zero-order valence-corrected chi connectivity index (χ0v) is 14.4. The molecule has 0 saturated carbocycles. The van der Waals surface area contributed by atoms with Gasteiger partial charge in [0.15, 0.2) is 5.82 Å². The van der Waals surface area contributed by atoms with E-state index in [9.17, 15) is 13.6 Å². The van der Waals surface area contributed by atoms with E-state index in [0.29, 0.717) is 25.2 Å². The number of hydrogen-bond donors (Lipinski definition) is 2. The molecule has 25 heavy (non-hydrogen) atoms. The fourth-order valence-corrected chi connectivity index (χ4v) is 2.87. The molecule has 2 N–H and O–H groups in total. The maximum atomic E-state index is 14.4. The van der Waals surface area contributed by atoms with Gasteiger partial charge in [-0.05, 0) is 11.5 Å². The Balaban J connectivity index is 2.00. The Kier molecular flexibility index (Phi) is 4.55. The minimum absolute atomic E-state index is 0.00767. The van der Waals surface area contributed by atoms with Crippen LogP contribution in [0.15, 0.2) is 23.1 Å². The second kappa shape index (κ2) is 6.51. The molecule has 1 saturated heterocycles. The smallest absolute Gasteiger partial charge is 0.289 e. The van der Waals surface area contributed by atoms with E-state index in [1.165, 1.54) is 12.3 Å². The largest absolute Gasteiger partial charge is 0.351 e. The number of hydrogen-bond acceptors (Lipinski definition) is 5. The highest BCUT2D eigenvalue weighted by atomic mass is 19.1. The Morgan fingerprint density at radius 3 is 2.76 bits per heavy atom. The van der Waals surface area contributed by atoms with Crippen molar-refractivity contribution in [1.29, 1.82) is 0 Å². The van der Waals surface area contributed by atoms with E-state index in [-0.39, 0.29) is 23.1 Å². The van der Waals surface area contributed by atoms with Crippen LogP contribution in [0.25, 0.3) is 11.4 Å². The number of H-pyrrole nitrogens is 1. The summed E-state index contributed by atoms with van der Waals surface area (Å²) in [5.74, 6) is -1.51. The number of anilines is 1. The predicted octanol–water partition coefficient (Wildman–Crippen LogP) is 1.93. The first-order valence-electron chi connectivity index (χ1n) is 8.16. The third-order valence-corrected chi connectivity index (χ3v) is 4.37. The van der Waals surface area contributed by atoms with Crippen LogP contribution in [-0.4, -0.2) is 40.6 Å². The predicted molar refractivity (Wildman–Crippen MR) is 91.5 cm³/mol. The molecule has 3 heterocycles. The molecule has 0 aromatic carbocycles. The van der Waals surface area contributed by atoms with Crippen LogP contribution in [-0.2, 0) is 0 Å². The van der Waals surface area contributed by atoms with Gasteiger partial charge in [-0.2, -0.15) is 8.78 Å². The minimum Gasteiger partial charge on any atom is -0.351 e. The van der Waals surface area contributed by atoms with Gasteiger partial charge in [0.05, 0.1) is 0 Å². The van der Waals surface area contributed by atoms with Gasteiger partial charge in [-0.3, -0.25) is 4.79 Å². The third-order valence-electron chi connectivity index (χ3n) is 4.37. The highest BCUT2D eigenvalue weighted by Crippen LogP contribution is 2.25. The molecule has 2 aromatic rings. The summed E-state index contributed by atoms with van der Waals surface area (Å²) in [4.78, 5) is 23.9. The van der Waals surface area contributed by atoms with Crippen LogP contribution in [0.5, 0.6) is 0 Å². The Morgan fingerprint density at radius 2 is 2.08 bits per heavy atom. The summed E-state index contributed by atoms with van der Waals surface area (Å²) in [6, 6.07) is 2.79. The van der Waals surface area contributed by atoms with Crippen LogP contribution in [0, 0.1) is 17.2 Å². The van der Waals surface area contributed by atoms with Crippen molar-refractivity contribution in [1.82, 2.24) is 20.3 Å². The zero-order chi connectivity index (χ0) is 18.2. The summed E-state index contributed by atoms with van der Waals surface area (Å²) in [5, 5.41) is 3.41. The van der Waals surface area contributed by atoms with Crippen molar-refractivity contribution in [3.05, 3.63) is 40.4 Å². The number of halogens is 2. The van der Waals surface area contributed by atoms with E-state index in [0.717, 1.165) is 6.07 Å². The van der Waals surface area contributed by atoms with Gasteiger partial charge in [0.2, 0.25) is 11.8 Å². The zero-order valence-electron chi connectivity index (χ0n) is 14.4. The molecule has 6 nitrogen and oxygen atoms in total. The van der Waals surface area contributed by atoms with Gasteiger partial charge in [-0.1, -0.05) is 20.8 Å². The molecule has 0 unspecified atom stereocenters. The molecular formula is C17H21F2N5O. The van der Waals surface area contributed by atoms with Gasteiger partial charge in [0.1, 0.15) is 5.82 Å². The first kappa shape index (κ1) is 17.5. The molecule has 0 radical (unpaired) electrons. The lowest BCUT2D eigenvalue weighted by atomic mass is 9.85. The fraction of sp³-hybridized carbons (Fsp3) is 0.471. The number of nitrogens with one attached hydrogen (secondary N) is 2. The average molecular weight is 349 g/mol. The molecule has 134 valence electrons. The van der Waals surface area contributed by atoms with Gasteiger partial charge in [0.25, 0.3) is 5.56 Å². The van der Waals surface area contributed by atoms with Gasteiger partial charge >= 0.3 is 0 Å². The molecule has 1 atom stereocenters. The van der Waals surface area contributed by atoms with E-state index >= 15 is 0 Å². The number of piperazine rings is 1. The van der Waals surface area contributed by atoms with Gasteiger partial charge < -0.3 is 15.2 Å². The van der Waals surface area contributed by atoms with Crippen molar-refractivity contribution in [2.24, 2.45) is 5.41 Å². The number of aromatic amines is 1. The molecule has 3 rings (SSSR count). The first-order valence-corrected chi connectivity index (χ1v) is 8.16. The van der Waals surface area contributed by atoms with E-state index in [4.69, 9.17) is 0 Å². The number of pyridine rings is 1. The van der Waals surface area contributed by atoms with Crippen molar-refractivity contribution < 1.29 is 8.78 Å². The van der Waals surface area contributed by atoms with Crippen LogP contribution in [0.3, 0.4) is 0 Å². The molecule has 0 spiro atoms. The van der Waals surface area contributed by atoms with Crippen molar-refractivity contribution in [2.45, 2.75) is 26.8 Å². The molecule has 1 fully saturated rings. The third kappa shape index (κ3) is 3.68. The molecule has 0 bridgehead atoms. The lowest BCUT2D eigenvalue weighted by Crippen LogP contribution is -2.56. The number of aromatic nitrogens is 3.